The zero-order valence-corrected chi connectivity index (χ0v) is 11.5. The summed E-state index contributed by atoms with van der Waals surface area (Å²) in [5, 5.41) is 0. The maximum Gasteiger partial charge on any atom is 0.227 e. The SMILES string of the molecule is CC1CCN(C(=O)Cc2ccc(N)cc2)C(CN)C1. The van der Waals surface area contributed by atoms with Crippen molar-refractivity contribution < 1.29 is 4.79 Å². The second-order valence-electron chi connectivity index (χ2n) is 5.52. The zero-order chi connectivity index (χ0) is 13.8. The number of hydrogen-bond acceptors (Lipinski definition) is 3. The number of hydrogen-bond donors (Lipinski definition) is 2. The van der Waals surface area contributed by atoms with E-state index in [4.69, 9.17) is 11.5 Å². The molecule has 1 heterocycles. The number of benzene rings is 1. The van der Waals surface area contributed by atoms with Crippen LogP contribution in [0.5, 0.6) is 0 Å². The van der Waals surface area contributed by atoms with E-state index in [1.54, 1.807) is 0 Å². The van der Waals surface area contributed by atoms with Crippen LogP contribution in [0, 0.1) is 5.92 Å². The second kappa shape index (κ2) is 6.06. The third-order valence-corrected chi connectivity index (χ3v) is 3.91. The molecule has 1 aromatic carbocycles. The highest BCUT2D eigenvalue weighted by atomic mass is 16.2. The summed E-state index contributed by atoms with van der Waals surface area (Å²) >= 11 is 0. The molecule has 2 rings (SSSR count). The Morgan fingerprint density at radius 2 is 2.05 bits per heavy atom. The number of piperidine rings is 1. The van der Waals surface area contributed by atoms with Crippen LogP contribution in [-0.4, -0.2) is 29.9 Å². The first-order chi connectivity index (χ1) is 9.10. The number of amides is 1. The molecule has 0 saturated carbocycles. The molecule has 0 aromatic heterocycles. The first-order valence-electron chi connectivity index (χ1n) is 6.94. The third-order valence-electron chi connectivity index (χ3n) is 3.91. The fourth-order valence-electron chi connectivity index (χ4n) is 2.72. The molecule has 0 aliphatic carbocycles. The van der Waals surface area contributed by atoms with Gasteiger partial charge >= 0.3 is 0 Å². The topological polar surface area (TPSA) is 72.3 Å². The smallest absolute Gasteiger partial charge is 0.227 e. The molecule has 1 saturated heterocycles. The van der Waals surface area contributed by atoms with Gasteiger partial charge in [0.2, 0.25) is 5.91 Å². The van der Waals surface area contributed by atoms with Crippen LogP contribution in [-0.2, 0) is 11.2 Å². The third kappa shape index (κ3) is 3.47. The normalized spacial score (nSPS) is 23.4. The van der Waals surface area contributed by atoms with Crippen molar-refractivity contribution in [1.29, 1.82) is 0 Å². The lowest BCUT2D eigenvalue weighted by molar-refractivity contribution is -0.134. The molecule has 104 valence electrons. The van der Waals surface area contributed by atoms with Crippen molar-refractivity contribution in [3.8, 4) is 0 Å². The molecule has 1 amide bonds. The van der Waals surface area contributed by atoms with Crippen LogP contribution in [0.4, 0.5) is 5.69 Å². The first kappa shape index (κ1) is 13.9. The highest BCUT2D eigenvalue weighted by molar-refractivity contribution is 5.79. The molecule has 1 aliphatic heterocycles. The molecule has 0 radical (unpaired) electrons. The summed E-state index contributed by atoms with van der Waals surface area (Å²) in [6.45, 7) is 3.61. The maximum absolute atomic E-state index is 12.4. The Balaban J connectivity index is 2.00. The predicted octanol–water partition coefficient (Wildman–Crippen LogP) is 1.40. The molecule has 4 nitrogen and oxygen atoms in total. The lowest BCUT2D eigenvalue weighted by Gasteiger charge is -2.38. The van der Waals surface area contributed by atoms with Crippen molar-refractivity contribution in [2.24, 2.45) is 11.7 Å². The quantitative estimate of drug-likeness (QED) is 0.808. The van der Waals surface area contributed by atoms with Crippen molar-refractivity contribution >= 4 is 11.6 Å². The molecule has 1 fully saturated rings. The highest BCUT2D eigenvalue weighted by Crippen LogP contribution is 2.22. The van der Waals surface area contributed by atoms with E-state index in [2.05, 4.69) is 6.92 Å². The van der Waals surface area contributed by atoms with Crippen molar-refractivity contribution in [3.63, 3.8) is 0 Å². The average molecular weight is 261 g/mol. The minimum Gasteiger partial charge on any atom is -0.399 e. The Kier molecular flexibility index (Phi) is 4.43. The number of carbonyl (C=O) groups is 1. The van der Waals surface area contributed by atoms with Gasteiger partial charge in [0.15, 0.2) is 0 Å². The number of likely N-dealkylation sites (tertiary alicyclic amines) is 1. The average Bonchev–Trinajstić information content (AvgIpc) is 2.41. The minimum absolute atomic E-state index is 0.173. The Hall–Kier alpha value is -1.55. The molecular weight excluding hydrogens is 238 g/mol. The van der Waals surface area contributed by atoms with Gasteiger partial charge in [-0.05, 0) is 36.5 Å². The molecule has 0 spiro atoms. The molecule has 1 aliphatic rings. The van der Waals surface area contributed by atoms with E-state index in [9.17, 15) is 4.79 Å². The largest absolute Gasteiger partial charge is 0.399 e. The summed E-state index contributed by atoms with van der Waals surface area (Å²) in [5.41, 5.74) is 13.2. The monoisotopic (exact) mass is 261 g/mol. The zero-order valence-electron chi connectivity index (χ0n) is 11.5. The summed E-state index contributed by atoms with van der Waals surface area (Å²) < 4.78 is 0. The second-order valence-corrected chi connectivity index (χ2v) is 5.52. The van der Waals surface area contributed by atoms with Crippen LogP contribution in [0.1, 0.15) is 25.3 Å². The summed E-state index contributed by atoms with van der Waals surface area (Å²) in [4.78, 5) is 14.3. The lowest BCUT2D eigenvalue weighted by Crippen LogP contribution is -2.49. The van der Waals surface area contributed by atoms with E-state index in [1.165, 1.54) is 0 Å². The van der Waals surface area contributed by atoms with Crippen molar-refractivity contribution in [3.05, 3.63) is 29.8 Å². The van der Waals surface area contributed by atoms with Gasteiger partial charge in [-0.15, -0.1) is 0 Å². The molecule has 1 aromatic rings. The number of anilines is 1. The van der Waals surface area contributed by atoms with Gasteiger partial charge in [0.05, 0.1) is 6.42 Å². The van der Waals surface area contributed by atoms with E-state index in [-0.39, 0.29) is 11.9 Å². The number of rotatable bonds is 3. The van der Waals surface area contributed by atoms with Gasteiger partial charge in [-0.2, -0.15) is 0 Å². The van der Waals surface area contributed by atoms with Gasteiger partial charge in [0, 0.05) is 24.8 Å². The van der Waals surface area contributed by atoms with E-state index < -0.39 is 0 Å². The Labute approximate surface area is 114 Å². The molecular formula is C15H23N3O. The van der Waals surface area contributed by atoms with E-state index >= 15 is 0 Å². The van der Waals surface area contributed by atoms with E-state index in [0.717, 1.165) is 30.6 Å². The minimum atomic E-state index is 0.173. The van der Waals surface area contributed by atoms with Gasteiger partial charge in [-0.25, -0.2) is 0 Å². The Morgan fingerprint density at radius 3 is 2.68 bits per heavy atom. The van der Waals surface area contributed by atoms with Gasteiger partial charge in [-0.1, -0.05) is 19.1 Å². The molecule has 4 heteroatoms. The summed E-state index contributed by atoms with van der Waals surface area (Å²) in [5.74, 6) is 0.834. The highest BCUT2D eigenvalue weighted by Gasteiger charge is 2.28. The Bertz CT molecular complexity index is 430. The van der Waals surface area contributed by atoms with E-state index in [1.807, 2.05) is 29.2 Å². The summed E-state index contributed by atoms with van der Waals surface area (Å²) in [6.07, 6.45) is 2.53. The fourth-order valence-corrected chi connectivity index (χ4v) is 2.72. The fraction of sp³-hybridized carbons (Fsp3) is 0.533. The van der Waals surface area contributed by atoms with Gasteiger partial charge in [0.25, 0.3) is 0 Å². The molecule has 19 heavy (non-hydrogen) atoms. The van der Waals surface area contributed by atoms with Crippen LogP contribution in [0.15, 0.2) is 24.3 Å². The predicted molar refractivity (Wildman–Crippen MR) is 77.5 cm³/mol. The van der Waals surface area contributed by atoms with Crippen molar-refractivity contribution in [1.82, 2.24) is 4.90 Å². The molecule has 2 atom stereocenters. The van der Waals surface area contributed by atoms with Crippen molar-refractivity contribution in [2.45, 2.75) is 32.2 Å². The number of nitrogen functional groups attached to an aromatic ring is 1. The number of nitrogens with two attached hydrogens (primary N) is 2. The van der Waals surface area contributed by atoms with Crippen molar-refractivity contribution in [2.75, 3.05) is 18.8 Å². The van der Waals surface area contributed by atoms with Crippen LogP contribution >= 0.6 is 0 Å². The molecule has 0 bridgehead atoms. The van der Waals surface area contributed by atoms with Crippen LogP contribution in [0.3, 0.4) is 0 Å². The molecule has 2 unspecified atom stereocenters. The van der Waals surface area contributed by atoms with Gasteiger partial charge < -0.3 is 16.4 Å². The van der Waals surface area contributed by atoms with Crippen LogP contribution in [0.2, 0.25) is 0 Å². The first-order valence-corrected chi connectivity index (χ1v) is 6.94. The van der Waals surface area contributed by atoms with Gasteiger partial charge in [-0.3, -0.25) is 4.79 Å². The summed E-state index contributed by atoms with van der Waals surface area (Å²) in [7, 11) is 0. The number of carbonyl (C=O) groups excluding carboxylic acids is 1. The molecule has 4 N–H and O–H groups in total. The lowest BCUT2D eigenvalue weighted by atomic mass is 9.92. The summed E-state index contributed by atoms with van der Waals surface area (Å²) in [6, 6.07) is 7.70. The standard InChI is InChI=1S/C15H23N3O/c1-11-6-7-18(14(8-11)10-16)15(19)9-12-2-4-13(17)5-3-12/h2-5,11,14H,6-10,16-17H2,1H3. The number of nitrogens with zero attached hydrogens (tertiary/aromatic N) is 1. The van der Waals surface area contributed by atoms with Gasteiger partial charge in [0.1, 0.15) is 0 Å². The van der Waals surface area contributed by atoms with Crippen LogP contribution in [0.25, 0.3) is 0 Å². The Morgan fingerprint density at radius 1 is 1.37 bits per heavy atom. The van der Waals surface area contributed by atoms with Crippen LogP contribution < -0.4 is 11.5 Å². The maximum atomic E-state index is 12.4. The van der Waals surface area contributed by atoms with E-state index in [0.29, 0.717) is 18.9 Å².